The first kappa shape index (κ1) is 24.2. The number of amides is 1. The molecule has 23 heavy (non-hydrogen) atoms. The Labute approximate surface area is 129 Å². The van der Waals surface area contributed by atoms with Crippen molar-refractivity contribution in [3.8, 4) is 0 Å². The summed E-state index contributed by atoms with van der Waals surface area (Å²) in [6.07, 6.45) is -5.53. The molecule has 10 heteroatoms. The first-order valence-electron chi connectivity index (χ1n) is 6.90. The molecule has 0 N–H and O–H groups in total. The van der Waals surface area contributed by atoms with Crippen LogP contribution in [0.5, 0.6) is 0 Å². The van der Waals surface area contributed by atoms with Crippen LogP contribution in [0.15, 0.2) is 0 Å². The molecule has 0 bridgehead atoms. The largest absolute Gasteiger partial charge is 0.453 e. The average molecular weight is 359 g/mol. The summed E-state index contributed by atoms with van der Waals surface area (Å²) >= 11 is 0. The number of halogens is 8. The van der Waals surface area contributed by atoms with Crippen molar-refractivity contribution in [2.45, 2.75) is 57.7 Å². The number of carbonyl (C=O) groups is 1. The van der Waals surface area contributed by atoms with Gasteiger partial charge in [0.2, 0.25) is 12.8 Å². The fourth-order valence-electron chi connectivity index (χ4n) is 1.73. The lowest BCUT2D eigenvalue weighted by atomic mass is 10.1. The molecule has 1 aliphatic heterocycles. The summed E-state index contributed by atoms with van der Waals surface area (Å²) in [7, 11) is 0. The number of likely N-dealkylation sites (tertiary alicyclic amines) is 1. The summed E-state index contributed by atoms with van der Waals surface area (Å²) in [5, 5.41) is 0. The van der Waals surface area contributed by atoms with Crippen molar-refractivity contribution in [3.05, 3.63) is 0 Å². The van der Waals surface area contributed by atoms with E-state index in [0.29, 0.717) is 12.8 Å². The van der Waals surface area contributed by atoms with Gasteiger partial charge in [0.25, 0.3) is 0 Å². The molecule has 1 rings (SSSR count). The van der Waals surface area contributed by atoms with Crippen molar-refractivity contribution in [2.75, 3.05) is 20.1 Å². The number of alkyl halides is 8. The van der Waals surface area contributed by atoms with Crippen LogP contribution in [0.25, 0.3) is 0 Å². The quantitative estimate of drug-likeness (QED) is 0.658. The minimum Gasteiger partial charge on any atom is -0.340 e. The van der Waals surface area contributed by atoms with E-state index < -0.39 is 31.5 Å². The molecule has 0 saturated carbocycles. The van der Waals surface area contributed by atoms with Crippen LogP contribution < -0.4 is 0 Å². The summed E-state index contributed by atoms with van der Waals surface area (Å²) in [5.41, 5.74) is 0. The maximum atomic E-state index is 12.7. The summed E-state index contributed by atoms with van der Waals surface area (Å²) in [6.45, 7) is 1.34. The third kappa shape index (κ3) is 9.60. The normalized spacial score (nSPS) is 16.3. The van der Waals surface area contributed by atoms with Crippen molar-refractivity contribution in [1.82, 2.24) is 4.90 Å². The molecule has 1 atom stereocenters. The molecule has 0 aliphatic carbocycles. The van der Waals surface area contributed by atoms with Gasteiger partial charge in [-0.05, 0) is 19.8 Å². The Balaban J connectivity index is 0. The monoisotopic (exact) mass is 359 g/mol. The fourth-order valence-corrected chi connectivity index (χ4v) is 1.73. The van der Waals surface area contributed by atoms with Crippen LogP contribution in [0.4, 0.5) is 35.1 Å². The molecule has 1 fully saturated rings. The third-order valence-corrected chi connectivity index (χ3v) is 2.80. The molecule has 1 saturated heterocycles. The molecular formula is C13H21F8NO. The lowest BCUT2D eigenvalue weighted by Crippen LogP contribution is -2.44. The average Bonchev–Trinajstić information content (AvgIpc) is 2.84. The van der Waals surface area contributed by atoms with Gasteiger partial charge in [-0.2, -0.15) is 22.0 Å². The van der Waals surface area contributed by atoms with Crippen LogP contribution >= 0.6 is 0 Å². The van der Waals surface area contributed by atoms with Crippen molar-refractivity contribution >= 4 is 5.91 Å². The van der Waals surface area contributed by atoms with E-state index in [2.05, 4.69) is 0 Å². The SMILES string of the molecule is CC(CC(F)(F)C(F)(F)F)N1CCCC1=O.CCCF.FCF. The van der Waals surface area contributed by atoms with Crippen LogP contribution in [0, 0.1) is 0 Å². The number of hydrogen-bond acceptors (Lipinski definition) is 1. The Kier molecular flexibility index (Phi) is 12.0. The minimum absolute atomic E-state index is 0.181. The predicted molar refractivity (Wildman–Crippen MR) is 69.4 cm³/mol. The molecule has 140 valence electrons. The highest BCUT2D eigenvalue weighted by Crippen LogP contribution is 2.39. The molecule has 0 radical (unpaired) electrons. The van der Waals surface area contributed by atoms with Crippen LogP contribution in [0.1, 0.15) is 39.5 Å². The lowest BCUT2D eigenvalue weighted by Gasteiger charge is -2.29. The minimum atomic E-state index is -5.55. The number of rotatable bonds is 4. The number of nitrogens with zero attached hydrogens (tertiary/aromatic N) is 1. The van der Waals surface area contributed by atoms with E-state index in [1.807, 2.05) is 0 Å². The van der Waals surface area contributed by atoms with Gasteiger partial charge >= 0.3 is 12.1 Å². The molecule has 1 amide bonds. The van der Waals surface area contributed by atoms with Gasteiger partial charge in [-0.1, -0.05) is 6.92 Å². The van der Waals surface area contributed by atoms with Gasteiger partial charge < -0.3 is 4.90 Å². The maximum Gasteiger partial charge on any atom is 0.453 e. The summed E-state index contributed by atoms with van der Waals surface area (Å²) < 4.78 is 91.1. The van der Waals surface area contributed by atoms with Gasteiger partial charge in [-0.15, -0.1) is 0 Å². The Morgan fingerprint density at radius 3 is 1.83 bits per heavy atom. The smallest absolute Gasteiger partial charge is 0.340 e. The highest BCUT2D eigenvalue weighted by Gasteiger charge is 2.58. The van der Waals surface area contributed by atoms with Gasteiger partial charge in [0, 0.05) is 25.4 Å². The first-order valence-corrected chi connectivity index (χ1v) is 6.90. The molecule has 0 aromatic rings. The number of hydrogen-bond donors (Lipinski definition) is 0. The van der Waals surface area contributed by atoms with E-state index in [0.717, 1.165) is 4.90 Å². The van der Waals surface area contributed by atoms with Gasteiger partial charge in [0.05, 0.1) is 6.67 Å². The van der Waals surface area contributed by atoms with Crippen LogP contribution in [0.3, 0.4) is 0 Å². The van der Waals surface area contributed by atoms with Crippen molar-refractivity contribution in [1.29, 1.82) is 0 Å². The lowest BCUT2D eigenvalue weighted by molar-refractivity contribution is -0.287. The third-order valence-electron chi connectivity index (χ3n) is 2.80. The van der Waals surface area contributed by atoms with Crippen LogP contribution in [-0.2, 0) is 4.79 Å². The molecule has 1 unspecified atom stereocenters. The van der Waals surface area contributed by atoms with E-state index in [9.17, 15) is 39.9 Å². The molecular weight excluding hydrogens is 338 g/mol. The predicted octanol–water partition coefficient (Wildman–Crippen LogP) is 4.83. The number of carbonyl (C=O) groups excluding carboxylic acids is 1. The Morgan fingerprint density at radius 1 is 1.13 bits per heavy atom. The van der Waals surface area contributed by atoms with Crippen LogP contribution in [0.2, 0.25) is 0 Å². The van der Waals surface area contributed by atoms with E-state index in [1.165, 1.54) is 6.92 Å². The molecule has 1 aliphatic rings. The molecule has 0 spiro atoms. The molecule has 0 aromatic carbocycles. The van der Waals surface area contributed by atoms with E-state index in [4.69, 9.17) is 0 Å². The van der Waals surface area contributed by atoms with E-state index >= 15 is 0 Å². The van der Waals surface area contributed by atoms with E-state index in [-0.39, 0.29) is 25.5 Å². The van der Waals surface area contributed by atoms with Gasteiger partial charge in [0.1, 0.15) is 0 Å². The Hall–Kier alpha value is -1.09. The van der Waals surface area contributed by atoms with Gasteiger partial charge in [-0.3, -0.25) is 9.18 Å². The fraction of sp³-hybridized carbons (Fsp3) is 0.923. The summed E-state index contributed by atoms with van der Waals surface area (Å²) in [6, 6.07) is -1.09. The Morgan fingerprint density at radius 2 is 1.57 bits per heavy atom. The first-order chi connectivity index (χ1) is 10.5. The van der Waals surface area contributed by atoms with Gasteiger partial charge in [-0.25, -0.2) is 8.78 Å². The van der Waals surface area contributed by atoms with Gasteiger partial charge in [0.15, 0.2) is 0 Å². The molecule has 1 heterocycles. The molecule has 0 aromatic heterocycles. The second kappa shape index (κ2) is 11.4. The summed E-state index contributed by atoms with van der Waals surface area (Å²) in [5.74, 6) is -5.10. The van der Waals surface area contributed by atoms with Crippen molar-refractivity contribution < 1.29 is 39.9 Å². The highest BCUT2D eigenvalue weighted by molar-refractivity contribution is 5.78. The highest BCUT2D eigenvalue weighted by atomic mass is 19.4. The van der Waals surface area contributed by atoms with E-state index in [1.54, 1.807) is 6.92 Å². The zero-order valence-electron chi connectivity index (χ0n) is 12.9. The maximum absolute atomic E-state index is 12.7. The summed E-state index contributed by atoms with van der Waals surface area (Å²) in [4.78, 5) is 12.2. The second-order valence-electron chi connectivity index (χ2n) is 4.74. The van der Waals surface area contributed by atoms with Crippen molar-refractivity contribution in [3.63, 3.8) is 0 Å². The Bertz CT molecular complexity index is 320. The molecule has 2 nitrogen and oxygen atoms in total. The second-order valence-corrected chi connectivity index (χ2v) is 4.74. The zero-order valence-corrected chi connectivity index (χ0v) is 12.9. The topological polar surface area (TPSA) is 20.3 Å². The zero-order chi connectivity index (χ0) is 18.7. The van der Waals surface area contributed by atoms with Crippen LogP contribution in [-0.4, -0.2) is 49.1 Å². The standard InChI is InChI=1S/C9H12F5NO.C3H7F.CH2F2/c1-6(15-4-2-3-7(15)16)5-8(10,11)9(12,13)14;1-2-3-4;2-1-3/h6H,2-5H2,1H3;2-3H2,1H3;1H2. The van der Waals surface area contributed by atoms with Crippen molar-refractivity contribution in [2.24, 2.45) is 0 Å².